The maximum Gasteiger partial charge on any atom is 0.232 e. The maximum atomic E-state index is 13.0. The number of benzene rings is 2. The van der Waals surface area contributed by atoms with E-state index in [1.807, 2.05) is 31.2 Å². The van der Waals surface area contributed by atoms with Crippen LogP contribution in [0.3, 0.4) is 0 Å². The highest BCUT2D eigenvalue weighted by Gasteiger charge is 2.34. The molecular weight excluding hydrogens is 368 g/mol. The molecule has 0 aliphatic carbocycles. The van der Waals surface area contributed by atoms with Crippen molar-refractivity contribution >= 4 is 22.8 Å². The summed E-state index contributed by atoms with van der Waals surface area (Å²) in [6.45, 7) is 5.59. The molecule has 1 atom stereocenters. The van der Waals surface area contributed by atoms with Crippen LogP contribution in [0.1, 0.15) is 34.6 Å². The number of ketones is 1. The van der Waals surface area contributed by atoms with Gasteiger partial charge in [-0.3, -0.25) is 14.8 Å². The van der Waals surface area contributed by atoms with E-state index in [0.29, 0.717) is 22.6 Å². The number of hydrogen-bond donors (Lipinski definition) is 3. The number of H-pyrrole nitrogens is 1. The molecule has 148 valence electrons. The number of nitrogens with zero attached hydrogens (tertiary/aromatic N) is 2. The number of aromatic nitrogens is 2. The van der Waals surface area contributed by atoms with Crippen molar-refractivity contribution in [3.05, 3.63) is 59.0 Å². The second-order valence-corrected chi connectivity index (χ2v) is 7.43. The molecule has 0 amide bonds. The summed E-state index contributed by atoms with van der Waals surface area (Å²) < 4.78 is 6.02. The predicted octanol–water partition coefficient (Wildman–Crippen LogP) is 2.85. The minimum atomic E-state index is -0.194. The number of allylic oxidation sites excluding steroid dienone is 1. The number of piperazine rings is 1. The van der Waals surface area contributed by atoms with Crippen LogP contribution < -0.4 is 10.1 Å². The lowest BCUT2D eigenvalue weighted by Crippen LogP contribution is -2.44. The normalized spacial score (nSPS) is 19.5. The van der Waals surface area contributed by atoms with Gasteiger partial charge in [0.1, 0.15) is 11.5 Å². The molecule has 2 aromatic carbocycles. The molecule has 29 heavy (non-hydrogen) atoms. The average Bonchev–Trinajstić information content (AvgIpc) is 3.30. The van der Waals surface area contributed by atoms with Crippen molar-refractivity contribution in [1.82, 2.24) is 20.4 Å². The van der Waals surface area contributed by atoms with Gasteiger partial charge in [0.05, 0.1) is 22.3 Å². The molecule has 2 aliphatic heterocycles. The molecular formula is C22H22N4O3. The topological polar surface area (TPSA) is 90.5 Å². The number of nitrogens with one attached hydrogen (secondary N) is 2. The fourth-order valence-corrected chi connectivity index (χ4v) is 4.14. The van der Waals surface area contributed by atoms with Crippen LogP contribution in [0.5, 0.6) is 11.5 Å². The number of rotatable bonds is 3. The molecule has 0 bridgehead atoms. The van der Waals surface area contributed by atoms with Gasteiger partial charge in [0.15, 0.2) is 5.76 Å². The van der Waals surface area contributed by atoms with E-state index in [4.69, 9.17) is 4.74 Å². The van der Waals surface area contributed by atoms with E-state index in [-0.39, 0.29) is 23.3 Å². The van der Waals surface area contributed by atoms with E-state index < -0.39 is 0 Å². The molecule has 3 heterocycles. The van der Waals surface area contributed by atoms with E-state index in [9.17, 15) is 9.90 Å². The van der Waals surface area contributed by atoms with Crippen LogP contribution in [0.2, 0.25) is 0 Å². The Labute approximate surface area is 168 Å². The number of ether oxygens (including phenoxy) is 1. The highest BCUT2D eigenvalue weighted by Crippen LogP contribution is 2.44. The molecule has 1 saturated heterocycles. The third kappa shape index (κ3) is 2.99. The first-order valence-electron chi connectivity index (χ1n) is 9.81. The first-order valence-corrected chi connectivity index (χ1v) is 9.81. The van der Waals surface area contributed by atoms with Crippen LogP contribution >= 0.6 is 0 Å². The average molecular weight is 390 g/mol. The van der Waals surface area contributed by atoms with Crippen molar-refractivity contribution in [1.29, 1.82) is 0 Å². The largest absolute Gasteiger partial charge is 0.507 e. The van der Waals surface area contributed by atoms with Gasteiger partial charge in [-0.05, 0) is 25.1 Å². The van der Waals surface area contributed by atoms with Crippen molar-refractivity contribution in [3.8, 4) is 11.5 Å². The van der Waals surface area contributed by atoms with Gasteiger partial charge < -0.3 is 15.2 Å². The number of para-hydroxylation sites is 1. The van der Waals surface area contributed by atoms with Gasteiger partial charge in [0.25, 0.3) is 0 Å². The Morgan fingerprint density at radius 3 is 2.83 bits per heavy atom. The number of hydrogen-bond acceptors (Lipinski definition) is 6. The Morgan fingerprint density at radius 2 is 2.00 bits per heavy atom. The molecule has 1 fully saturated rings. The van der Waals surface area contributed by atoms with Crippen LogP contribution in [0.25, 0.3) is 17.0 Å². The van der Waals surface area contributed by atoms with Crippen molar-refractivity contribution in [2.75, 3.05) is 26.2 Å². The summed E-state index contributed by atoms with van der Waals surface area (Å²) in [5.74, 6) is 0.624. The van der Waals surface area contributed by atoms with Gasteiger partial charge in [0, 0.05) is 43.7 Å². The molecule has 0 saturated carbocycles. The summed E-state index contributed by atoms with van der Waals surface area (Å²) >= 11 is 0. The van der Waals surface area contributed by atoms with Gasteiger partial charge in [-0.2, -0.15) is 5.10 Å². The second-order valence-electron chi connectivity index (χ2n) is 7.43. The molecule has 3 N–H and O–H groups in total. The zero-order chi connectivity index (χ0) is 20.0. The highest BCUT2D eigenvalue weighted by molar-refractivity contribution is 6.15. The standard InChI is InChI=1S/C22H22N4O3/c1-13(26-10-8-23-9-11-26)20-18(27)7-6-15-21(28)19(29-22(15)20)12-17-14-4-2-3-5-16(14)24-25-17/h2-7,12-13,23,27H,8-11H2,1H3,(H,24,25)/b19-12-. The van der Waals surface area contributed by atoms with Crippen LogP contribution in [0, 0.1) is 0 Å². The quantitative estimate of drug-likeness (QED) is 0.596. The molecule has 1 unspecified atom stereocenters. The lowest BCUT2D eigenvalue weighted by molar-refractivity contribution is 0.101. The third-order valence-corrected chi connectivity index (χ3v) is 5.74. The van der Waals surface area contributed by atoms with Crippen molar-refractivity contribution < 1.29 is 14.6 Å². The van der Waals surface area contributed by atoms with Gasteiger partial charge in [-0.25, -0.2) is 0 Å². The molecule has 2 aliphatic rings. The summed E-state index contributed by atoms with van der Waals surface area (Å²) in [5.41, 5.74) is 2.68. The Bertz CT molecular complexity index is 1130. The van der Waals surface area contributed by atoms with Gasteiger partial charge in [0.2, 0.25) is 5.78 Å². The minimum Gasteiger partial charge on any atom is -0.507 e. The lowest BCUT2D eigenvalue weighted by atomic mass is 9.99. The van der Waals surface area contributed by atoms with E-state index in [0.717, 1.165) is 37.1 Å². The molecule has 5 rings (SSSR count). The maximum absolute atomic E-state index is 13.0. The van der Waals surface area contributed by atoms with Crippen LogP contribution in [0.15, 0.2) is 42.2 Å². The number of phenolic OH excluding ortho intramolecular Hbond substituents is 1. The molecule has 7 nitrogen and oxygen atoms in total. The number of aromatic amines is 1. The number of fused-ring (bicyclic) bond motifs is 2. The Balaban J connectivity index is 1.53. The SMILES string of the molecule is CC(c1c(O)ccc2c1O/C(=C\c1n[nH]c3ccccc13)C2=O)N1CCNCC1. The van der Waals surface area contributed by atoms with Gasteiger partial charge >= 0.3 is 0 Å². The molecule has 7 heteroatoms. The molecule has 1 aromatic heterocycles. The van der Waals surface area contributed by atoms with E-state index in [2.05, 4.69) is 20.4 Å². The monoisotopic (exact) mass is 390 g/mol. The summed E-state index contributed by atoms with van der Waals surface area (Å²) in [4.78, 5) is 15.3. The summed E-state index contributed by atoms with van der Waals surface area (Å²) in [5, 5.41) is 22.1. The Morgan fingerprint density at radius 1 is 1.21 bits per heavy atom. The third-order valence-electron chi connectivity index (χ3n) is 5.74. The van der Waals surface area contributed by atoms with Gasteiger partial charge in [-0.1, -0.05) is 18.2 Å². The molecule has 0 radical (unpaired) electrons. The van der Waals surface area contributed by atoms with E-state index in [1.165, 1.54) is 0 Å². The van der Waals surface area contributed by atoms with E-state index in [1.54, 1.807) is 18.2 Å². The zero-order valence-electron chi connectivity index (χ0n) is 16.1. The summed E-state index contributed by atoms with van der Waals surface area (Å²) in [7, 11) is 0. The van der Waals surface area contributed by atoms with Crippen LogP contribution in [-0.2, 0) is 0 Å². The van der Waals surface area contributed by atoms with Crippen molar-refractivity contribution in [2.45, 2.75) is 13.0 Å². The zero-order valence-corrected chi connectivity index (χ0v) is 16.1. The number of carbonyl (C=O) groups excluding carboxylic acids is 1. The van der Waals surface area contributed by atoms with Crippen LogP contribution in [-0.4, -0.2) is 52.2 Å². The first kappa shape index (κ1) is 17.9. The van der Waals surface area contributed by atoms with Gasteiger partial charge in [-0.15, -0.1) is 0 Å². The molecule has 0 spiro atoms. The van der Waals surface area contributed by atoms with Crippen molar-refractivity contribution in [2.24, 2.45) is 0 Å². The highest BCUT2D eigenvalue weighted by atomic mass is 16.5. The second kappa shape index (κ2) is 7.02. The summed E-state index contributed by atoms with van der Waals surface area (Å²) in [6, 6.07) is 10.9. The lowest BCUT2D eigenvalue weighted by Gasteiger charge is -2.33. The van der Waals surface area contributed by atoms with Crippen LogP contribution in [0.4, 0.5) is 0 Å². The minimum absolute atomic E-state index is 0.0644. The Kier molecular flexibility index (Phi) is 4.34. The van der Waals surface area contributed by atoms with Crippen molar-refractivity contribution in [3.63, 3.8) is 0 Å². The predicted molar refractivity (Wildman–Crippen MR) is 110 cm³/mol. The number of Topliss-reactive ketones (excluding diaryl/α,β-unsaturated/α-hetero) is 1. The first-order chi connectivity index (χ1) is 14.1. The number of aromatic hydroxyl groups is 1. The summed E-state index contributed by atoms with van der Waals surface area (Å²) in [6.07, 6.45) is 1.66. The van der Waals surface area contributed by atoms with E-state index >= 15 is 0 Å². The number of phenols is 1. The number of carbonyl (C=O) groups is 1. The molecule has 3 aromatic rings. The Hall–Kier alpha value is -3.16. The fraction of sp³-hybridized carbons (Fsp3) is 0.273. The fourth-order valence-electron chi connectivity index (χ4n) is 4.14. The smallest absolute Gasteiger partial charge is 0.232 e.